The third-order valence-corrected chi connectivity index (χ3v) is 5.30. The van der Waals surface area contributed by atoms with Crippen molar-refractivity contribution in [3.63, 3.8) is 0 Å². The first-order valence-electron chi connectivity index (χ1n) is 11.9. The van der Waals surface area contributed by atoms with E-state index in [0.29, 0.717) is 13.2 Å². The van der Waals surface area contributed by atoms with Crippen LogP contribution in [0.3, 0.4) is 0 Å². The SMILES string of the molecule is CCCCCCCCCCCCCCCCCCOCC(COCl)OC(=O)NC. The monoisotopic (exact) mass is 435 g/mol. The molecule has 0 spiro atoms. The normalized spacial score (nSPS) is 12.1. The summed E-state index contributed by atoms with van der Waals surface area (Å²) in [6.45, 7) is 3.37. The Morgan fingerprint density at radius 3 is 1.62 bits per heavy atom. The fourth-order valence-corrected chi connectivity index (χ4v) is 3.50. The molecule has 1 amide bonds. The van der Waals surface area contributed by atoms with Crippen molar-refractivity contribution in [2.45, 2.75) is 116 Å². The van der Waals surface area contributed by atoms with Gasteiger partial charge in [0.25, 0.3) is 0 Å². The van der Waals surface area contributed by atoms with Crippen molar-refractivity contribution in [1.29, 1.82) is 0 Å². The summed E-state index contributed by atoms with van der Waals surface area (Å²) in [4.78, 5) is 11.2. The minimum Gasteiger partial charge on any atom is -0.441 e. The van der Waals surface area contributed by atoms with Crippen LogP contribution in [-0.2, 0) is 13.8 Å². The van der Waals surface area contributed by atoms with Crippen LogP contribution in [-0.4, -0.2) is 39.1 Å². The first-order valence-corrected chi connectivity index (χ1v) is 12.2. The molecule has 0 aliphatic heterocycles. The van der Waals surface area contributed by atoms with Gasteiger partial charge in [0.1, 0.15) is 6.61 Å². The van der Waals surface area contributed by atoms with Crippen LogP contribution in [0.2, 0.25) is 0 Å². The summed E-state index contributed by atoms with van der Waals surface area (Å²) in [7, 11) is 1.51. The second-order valence-corrected chi connectivity index (χ2v) is 8.15. The lowest BCUT2D eigenvalue weighted by Crippen LogP contribution is -2.32. The molecule has 0 aromatic heterocycles. The van der Waals surface area contributed by atoms with Gasteiger partial charge in [-0.3, -0.25) is 4.29 Å². The molecule has 0 aromatic rings. The molecule has 5 nitrogen and oxygen atoms in total. The van der Waals surface area contributed by atoms with Crippen molar-refractivity contribution in [2.24, 2.45) is 0 Å². The van der Waals surface area contributed by atoms with E-state index in [2.05, 4.69) is 16.5 Å². The summed E-state index contributed by atoms with van der Waals surface area (Å²) >= 11 is 5.24. The van der Waals surface area contributed by atoms with Crippen LogP contribution in [0.25, 0.3) is 0 Å². The Kier molecular flexibility index (Phi) is 23.3. The number of hydrogen-bond donors (Lipinski definition) is 1. The lowest BCUT2D eigenvalue weighted by Gasteiger charge is -2.16. The number of hydrogen-bond acceptors (Lipinski definition) is 4. The van der Waals surface area contributed by atoms with Crippen molar-refractivity contribution in [1.82, 2.24) is 5.32 Å². The van der Waals surface area contributed by atoms with E-state index in [4.69, 9.17) is 21.3 Å². The molecule has 0 aliphatic rings. The highest BCUT2D eigenvalue weighted by molar-refractivity contribution is 6.07. The number of rotatable bonds is 22. The molecule has 6 heteroatoms. The van der Waals surface area contributed by atoms with E-state index >= 15 is 0 Å². The van der Waals surface area contributed by atoms with E-state index in [1.807, 2.05) is 0 Å². The zero-order chi connectivity index (χ0) is 21.4. The third-order valence-electron chi connectivity index (χ3n) is 5.17. The van der Waals surface area contributed by atoms with Crippen LogP contribution in [0, 0.1) is 0 Å². The molecular formula is C23H46ClNO4. The molecule has 0 radical (unpaired) electrons. The molecule has 0 saturated heterocycles. The van der Waals surface area contributed by atoms with E-state index in [0.717, 1.165) is 6.42 Å². The molecule has 0 fully saturated rings. The van der Waals surface area contributed by atoms with Crippen LogP contribution in [0.5, 0.6) is 0 Å². The Morgan fingerprint density at radius 2 is 1.21 bits per heavy atom. The summed E-state index contributed by atoms with van der Waals surface area (Å²) < 4.78 is 15.2. The highest BCUT2D eigenvalue weighted by atomic mass is 35.5. The number of halogens is 1. The minimum absolute atomic E-state index is 0.119. The summed E-state index contributed by atoms with van der Waals surface area (Å²) in [5.41, 5.74) is 0. The van der Waals surface area contributed by atoms with E-state index in [1.165, 1.54) is 103 Å². The first-order chi connectivity index (χ1) is 14.2. The van der Waals surface area contributed by atoms with Crippen LogP contribution >= 0.6 is 11.9 Å². The van der Waals surface area contributed by atoms with Gasteiger partial charge in [-0.25, -0.2) is 4.79 Å². The summed E-state index contributed by atoms with van der Waals surface area (Å²) in [6.07, 6.45) is 20.7. The molecule has 1 atom stereocenters. The maximum absolute atomic E-state index is 11.2. The predicted octanol–water partition coefficient (Wildman–Crippen LogP) is 7.16. The molecule has 0 bridgehead atoms. The van der Waals surface area contributed by atoms with Crippen LogP contribution in [0.15, 0.2) is 0 Å². The van der Waals surface area contributed by atoms with Gasteiger partial charge < -0.3 is 14.8 Å². The van der Waals surface area contributed by atoms with Crippen LogP contribution in [0.1, 0.15) is 110 Å². The zero-order valence-corrected chi connectivity index (χ0v) is 19.8. The lowest BCUT2D eigenvalue weighted by molar-refractivity contribution is -0.000445. The minimum atomic E-state index is -0.505. The van der Waals surface area contributed by atoms with Gasteiger partial charge in [0.15, 0.2) is 6.10 Å². The van der Waals surface area contributed by atoms with Gasteiger partial charge in [-0.2, -0.15) is 0 Å². The van der Waals surface area contributed by atoms with Gasteiger partial charge in [0, 0.05) is 13.7 Å². The number of alkyl carbamates (subject to hydrolysis) is 1. The number of carbonyl (C=O) groups is 1. The highest BCUT2D eigenvalue weighted by Gasteiger charge is 2.14. The van der Waals surface area contributed by atoms with Crippen molar-refractivity contribution < 1.29 is 18.6 Å². The third kappa shape index (κ3) is 22.0. The topological polar surface area (TPSA) is 56.8 Å². The fraction of sp³-hybridized carbons (Fsp3) is 0.957. The number of amides is 1. The molecule has 174 valence electrons. The molecule has 29 heavy (non-hydrogen) atoms. The maximum Gasteiger partial charge on any atom is 0.407 e. The van der Waals surface area contributed by atoms with E-state index < -0.39 is 12.2 Å². The van der Waals surface area contributed by atoms with Crippen LogP contribution < -0.4 is 5.32 Å². The maximum atomic E-state index is 11.2. The summed E-state index contributed by atoms with van der Waals surface area (Å²) in [5, 5.41) is 2.40. The Balaban J connectivity index is 3.26. The van der Waals surface area contributed by atoms with Gasteiger partial charge in [-0.05, 0) is 6.42 Å². The number of carbonyl (C=O) groups excluding carboxylic acids is 1. The molecule has 0 saturated carbocycles. The van der Waals surface area contributed by atoms with Crippen molar-refractivity contribution in [3.05, 3.63) is 0 Å². The second kappa shape index (κ2) is 23.8. The molecule has 0 aliphatic carbocycles. The second-order valence-electron chi connectivity index (χ2n) is 7.93. The van der Waals surface area contributed by atoms with E-state index in [1.54, 1.807) is 0 Å². The molecule has 1 N–H and O–H groups in total. The lowest BCUT2D eigenvalue weighted by atomic mass is 10.0. The van der Waals surface area contributed by atoms with Gasteiger partial charge in [0.2, 0.25) is 0 Å². The van der Waals surface area contributed by atoms with Gasteiger partial charge in [-0.15, -0.1) is 0 Å². The number of ether oxygens (including phenoxy) is 2. The smallest absolute Gasteiger partial charge is 0.407 e. The van der Waals surface area contributed by atoms with Crippen molar-refractivity contribution in [2.75, 3.05) is 26.9 Å². The summed E-state index contributed by atoms with van der Waals surface area (Å²) in [5.74, 6) is 0. The highest BCUT2D eigenvalue weighted by Crippen LogP contribution is 2.13. The first kappa shape index (κ1) is 28.5. The largest absolute Gasteiger partial charge is 0.441 e. The number of unbranched alkanes of at least 4 members (excludes halogenated alkanes) is 15. The Bertz CT molecular complexity index is 345. The Hall–Kier alpha value is -0.520. The molecular weight excluding hydrogens is 390 g/mol. The van der Waals surface area contributed by atoms with E-state index in [9.17, 15) is 4.79 Å². The van der Waals surface area contributed by atoms with Gasteiger partial charge >= 0.3 is 6.09 Å². The average molecular weight is 436 g/mol. The Labute approximate surface area is 184 Å². The molecule has 0 rings (SSSR count). The fourth-order valence-electron chi connectivity index (χ4n) is 3.36. The van der Waals surface area contributed by atoms with Crippen molar-refractivity contribution in [3.8, 4) is 0 Å². The van der Waals surface area contributed by atoms with Crippen molar-refractivity contribution >= 4 is 18.0 Å². The number of nitrogens with one attached hydrogen (secondary N) is 1. The molecule has 0 aromatic carbocycles. The van der Waals surface area contributed by atoms with Gasteiger partial charge in [0.05, 0.1) is 18.5 Å². The standard InChI is InChI=1S/C23H46ClNO4/c1-3-4-5-6-7-8-9-10-11-12-13-14-15-16-17-18-19-27-20-22(21-28-24)29-23(26)25-2/h22H,3-21H2,1-2H3,(H,25,26). The van der Waals surface area contributed by atoms with E-state index in [-0.39, 0.29) is 6.61 Å². The molecule has 0 heterocycles. The Morgan fingerprint density at radius 1 is 0.759 bits per heavy atom. The quantitative estimate of drug-likeness (QED) is 0.183. The predicted molar refractivity (Wildman–Crippen MR) is 121 cm³/mol. The van der Waals surface area contributed by atoms with Crippen LogP contribution in [0.4, 0.5) is 4.79 Å². The van der Waals surface area contributed by atoms with Gasteiger partial charge in [-0.1, -0.05) is 103 Å². The summed E-state index contributed by atoms with van der Waals surface area (Å²) in [6, 6.07) is 0. The molecule has 1 unspecified atom stereocenters. The zero-order valence-electron chi connectivity index (χ0n) is 19.0. The average Bonchev–Trinajstić information content (AvgIpc) is 2.72.